The normalized spacial score (nSPS) is 14.4. The molecular formula is C14H14N2O2. The maximum absolute atomic E-state index is 11.7. The lowest BCUT2D eigenvalue weighted by atomic mass is 10.1. The van der Waals surface area contributed by atoms with Gasteiger partial charge in [0.1, 0.15) is 11.4 Å². The highest BCUT2D eigenvalue weighted by Gasteiger charge is 2.23. The van der Waals surface area contributed by atoms with Crippen LogP contribution in [0.1, 0.15) is 34.8 Å². The van der Waals surface area contributed by atoms with Crippen molar-refractivity contribution in [2.24, 2.45) is 0 Å². The van der Waals surface area contributed by atoms with Crippen molar-refractivity contribution in [2.45, 2.75) is 18.8 Å². The second-order valence-corrected chi connectivity index (χ2v) is 4.53. The van der Waals surface area contributed by atoms with Crippen molar-refractivity contribution in [2.75, 3.05) is 6.61 Å². The maximum atomic E-state index is 11.7. The van der Waals surface area contributed by atoms with Crippen molar-refractivity contribution in [1.82, 2.24) is 10.2 Å². The number of aromatic nitrogens is 2. The molecule has 1 N–H and O–H groups in total. The minimum atomic E-state index is -0.0932. The van der Waals surface area contributed by atoms with Crippen LogP contribution in [0.3, 0.4) is 0 Å². The van der Waals surface area contributed by atoms with E-state index in [0.717, 1.165) is 5.75 Å². The number of hydrogen-bond acceptors (Lipinski definition) is 3. The summed E-state index contributed by atoms with van der Waals surface area (Å²) in [4.78, 5) is 11.7. The number of carbonyl (C=O) groups excluding carboxylic acids is 1. The molecule has 1 aromatic heterocycles. The fourth-order valence-electron chi connectivity index (χ4n) is 1.91. The number of hydrogen-bond donors (Lipinski definition) is 1. The number of carbonyl (C=O) groups is 1. The topological polar surface area (TPSA) is 55.0 Å². The minimum Gasteiger partial charge on any atom is -0.485 e. The first-order valence-corrected chi connectivity index (χ1v) is 6.08. The van der Waals surface area contributed by atoms with Gasteiger partial charge in [0.05, 0.1) is 0 Å². The zero-order chi connectivity index (χ0) is 12.4. The highest BCUT2D eigenvalue weighted by atomic mass is 16.5. The number of ketones is 1. The molecule has 4 heteroatoms. The smallest absolute Gasteiger partial charge is 0.217 e. The molecule has 0 spiro atoms. The van der Waals surface area contributed by atoms with Crippen molar-refractivity contribution in [1.29, 1.82) is 0 Å². The lowest BCUT2D eigenvalue weighted by Crippen LogP contribution is -2.12. The molecule has 2 aromatic rings. The fourth-order valence-corrected chi connectivity index (χ4v) is 1.91. The lowest BCUT2D eigenvalue weighted by molar-refractivity contribution is 0.0916. The number of H-pyrrole nitrogens is 1. The molecule has 1 fully saturated rings. The monoisotopic (exact) mass is 242 g/mol. The SMILES string of the molecule is O=C(COc1cccc(C2CC2)c1)c1ccn[nH]1. The van der Waals surface area contributed by atoms with Gasteiger partial charge in [-0.15, -0.1) is 0 Å². The molecule has 0 radical (unpaired) electrons. The van der Waals surface area contributed by atoms with Gasteiger partial charge in [0.15, 0.2) is 6.61 Å². The summed E-state index contributed by atoms with van der Waals surface area (Å²) in [6.07, 6.45) is 4.08. The third-order valence-electron chi connectivity index (χ3n) is 3.08. The van der Waals surface area contributed by atoms with Gasteiger partial charge < -0.3 is 4.74 Å². The van der Waals surface area contributed by atoms with E-state index < -0.39 is 0 Å². The molecular weight excluding hydrogens is 228 g/mol. The second-order valence-electron chi connectivity index (χ2n) is 4.53. The Labute approximate surface area is 105 Å². The van der Waals surface area contributed by atoms with Crippen LogP contribution >= 0.6 is 0 Å². The number of benzene rings is 1. The lowest BCUT2D eigenvalue weighted by Gasteiger charge is -2.06. The van der Waals surface area contributed by atoms with Crippen molar-refractivity contribution < 1.29 is 9.53 Å². The number of nitrogens with one attached hydrogen (secondary N) is 1. The summed E-state index contributed by atoms with van der Waals surface area (Å²) in [6.45, 7) is 0.0380. The zero-order valence-corrected chi connectivity index (χ0v) is 9.93. The number of ether oxygens (including phenoxy) is 1. The molecule has 1 saturated carbocycles. The van der Waals surface area contributed by atoms with Crippen molar-refractivity contribution in [3.8, 4) is 5.75 Å². The third kappa shape index (κ3) is 2.42. The van der Waals surface area contributed by atoms with E-state index in [1.165, 1.54) is 18.4 Å². The number of aromatic amines is 1. The Morgan fingerprint density at radius 3 is 3.00 bits per heavy atom. The first kappa shape index (κ1) is 11.0. The predicted octanol–water partition coefficient (Wildman–Crippen LogP) is 2.55. The summed E-state index contributed by atoms with van der Waals surface area (Å²) < 4.78 is 5.51. The molecule has 92 valence electrons. The van der Waals surface area contributed by atoms with Crippen molar-refractivity contribution in [3.05, 3.63) is 47.8 Å². The molecule has 0 unspecified atom stereocenters. The minimum absolute atomic E-state index is 0.0380. The van der Waals surface area contributed by atoms with Crippen LogP contribution in [-0.2, 0) is 0 Å². The van der Waals surface area contributed by atoms with E-state index >= 15 is 0 Å². The average Bonchev–Trinajstić information content (AvgIpc) is 3.11. The van der Waals surface area contributed by atoms with Gasteiger partial charge in [0.25, 0.3) is 0 Å². The van der Waals surface area contributed by atoms with Crippen LogP contribution < -0.4 is 4.74 Å². The Morgan fingerprint density at radius 1 is 1.39 bits per heavy atom. The molecule has 1 aliphatic carbocycles. The average molecular weight is 242 g/mol. The molecule has 1 heterocycles. The Kier molecular flexibility index (Phi) is 2.84. The molecule has 4 nitrogen and oxygen atoms in total. The van der Waals surface area contributed by atoms with Gasteiger partial charge >= 0.3 is 0 Å². The van der Waals surface area contributed by atoms with Crippen LogP contribution in [0.15, 0.2) is 36.5 Å². The first-order valence-electron chi connectivity index (χ1n) is 6.08. The molecule has 0 atom stereocenters. The standard InChI is InChI=1S/C14H14N2O2/c17-14(13-6-7-15-16-13)9-18-12-3-1-2-11(8-12)10-4-5-10/h1-3,6-8,10H,4-5,9H2,(H,15,16). The molecule has 0 bridgehead atoms. The van der Waals surface area contributed by atoms with Gasteiger partial charge in [-0.3, -0.25) is 9.89 Å². The van der Waals surface area contributed by atoms with E-state index in [-0.39, 0.29) is 12.4 Å². The maximum Gasteiger partial charge on any atom is 0.217 e. The molecule has 18 heavy (non-hydrogen) atoms. The van der Waals surface area contributed by atoms with E-state index in [4.69, 9.17) is 4.74 Å². The van der Waals surface area contributed by atoms with Gasteiger partial charge in [0, 0.05) is 6.20 Å². The Morgan fingerprint density at radius 2 is 2.28 bits per heavy atom. The number of Topliss-reactive ketones (excluding diaryl/α,β-unsaturated/α-hetero) is 1. The highest BCUT2D eigenvalue weighted by molar-refractivity contribution is 5.95. The zero-order valence-electron chi connectivity index (χ0n) is 9.93. The fraction of sp³-hybridized carbons (Fsp3) is 0.286. The van der Waals surface area contributed by atoms with Crippen LogP contribution in [0.4, 0.5) is 0 Å². The molecule has 3 rings (SSSR count). The van der Waals surface area contributed by atoms with Gasteiger partial charge in [-0.25, -0.2) is 0 Å². The molecule has 0 amide bonds. The number of nitrogens with zero attached hydrogens (tertiary/aromatic N) is 1. The van der Waals surface area contributed by atoms with Gasteiger partial charge in [-0.05, 0) is 42.5 Å². The van der Waals surface area contributed by atoms with Crippen molar-refractivity contribution in [3.63, 3.8) is 0 Å². The van der Waals surface area contributed by atoms with E-state index in [1.807, 2.05) is 18.2 Å². The van der Waals surface area contributed by atoms with Crippen LogP contribution in [-0.4, -0.2) is 22.6 Å². The summed E-state index contributed by atoms with van der Waals surface area (Å²) in [5.41, 5.74) is 1.79. The van der Waals surface area contributed by atoms with Gasteiger partial charge in [0.2, 0.25) is 5.78 Å². The third-order valence-corrected chi connectivity index (χ3v) is 3.08. The van der Waals surface area contributed by atoms with Crippen molar-refractivity contribution >= 4 is 5.78 Å². The van der Waals surface area contributed by atoms with E-state index in [9.17, 15) is 4.79 Å². The molecule has 1 aliphatic rings. The summed E-state index contributed by atoms with van der Waals surface area (Å²) in [6, 6.07) is 9.64. The highest BCUT2D eigenvalue weighted by Crippen LogP contribution is 2.40. The van der Waals surface area contributed by atoms with E-state index in [2.05, 4.69) is 16.3 Å². The summed E-state index contributed by atoms with van der Waals surface area (Å²) >= 11 is 0. The van der Waals surface area contributed by atoms with E-state index in [0.29, 0.717) is 11.6 Å². The van der Waals surface area contributed by atoms with Crippen LogP contribution in [0, 0.1) is 0 Å². The molecule has 0 aliphatic heterocycles. The Hall–Kier alpha value is -2.10. The quantitative estimate of drug-likeness (QED) is 0.820. The number of rotatable bonds is 5. The first-order chi connectivity index (χ1) is 8.83. The largest absolute Gasteiger partial charge is 0.485 e. The van der Waals surface area contributed by atoms with Gasteiger partial charge in [-0.1, -0.05) is 12.1 Å². The van der Waals surface area contributed by atoms with E-state index in [1.54, 1.807) is 12.3 Å². The summed E-state index contributed by atoms with van der Waals surface area (Å²) in [7, 11) is 0. The summed E-state index contributed by atoms with van der Waals surface area (Å²) in [5, 5.41) is 6.38. The van der Waals surface area contributed by atoms with Crippen LogP contribution in [0.2, 0.25) is 0 Å². The predicted molar refractivity (Wildman–Crippen MR) is 66.8 cm³/mol. The molecule has 1 aromatic carbocycles. The second kappa shape index (κ2) is 4.64. The van der Waals surface area contributed by atoms with Crippen LogP contribution in [0.5, 0.6) is 5.75 Å². The summed E-state index contributed by atoms with van der Waals surface area (Å²) in [5.74, 6) is 1.36. The molecule has 0 saturated heterocycles. The Bertz CT molecular complexity index is 545. The Balaban J connectivity index is 1.62. The van der Waals surface area contributed by atoms with Crippen LogP contribution in [0.25, 0.3) is 0 Å². The van der Waals surface area contributed by atoms with Gasteiger partial charge in [-0.2, -0.15) is 5.10 Å².